The van der Waals surface area contributed by atoms with Crippen LogP contribution >= 0.6 is 27.7 Å². The van der Waals surface area contributed by atoms with Gasteiger partial charge in [0.2, 0.25) is 0 Å². The fraction of sp³-hybridized carbons (Fsp3) is 0.0909. The summed E-state index contributed by atoms with van der Waals surface area (Å²) < 4.78 is 2.68. The second-order valence-corrected chi connectivity index (χ2v) is 8.16. The number of rotatable bonds is 4. The summed E-state index contributed by atoms with van der Waals surface area (Å²) in [6, 6.07) is 23.6. The quantitative estimate of drug-likeness (QED) is 0.301. The number of aromatic nitrogens is 2. The first-order chi connectivity index (χ1) is 13.1. The lowest BCUT2D eigenvalue weighted by Gasteiger charge is -2.13. The van der Waals surface area contributed by atoms with E-state index in [2.05, 4.69) is 47.1 Å². The molecule has 0 aliphatic heterocycles. The summed E-state index contributed by atoms with van der Waals surface area (Å²) in [6.07, 6.45) is 0. The molecule has 4 aromatic rings. The third kappa shape index (κ3) is 3.84. The van der Waals surface area contributed by atoms with E-state index in [0.29, 0.717) is 10.5 Å². The Morgan fingerprint density at radius 1 is 1.00 bits per heavy atom. The maximum atomic E-state index is 13.2. The largest absolute Gasteiger partial charge is 0.268 e. The van der Waals surface area contributed by atoms with Gasteiger partial charge in [-0.1, -0.05) is 69.7 Å². The molecule has 0 spiro atoms. The predicted molar refractivity (Wildman–Crippen MR) is 116 cm³/mol. The molecule has 27 heavy (non-hydrogen) atoms. The molecule has 0 unspecified atom stereocenters. The minimum absolute atomic E-state index is 0.0466. The van der Waals surface area contributed by atoms with Crippen molar-refractivity contribution in [2.45, 2.75) is 17.8 Å². The molecule has 3 nitrogen and oxygen atoms in total. The minimum Gasteiger partial charge on any atom is -0.268 e. The van der Waals surface area contributed by atoms with Gasteiger partial charge in [-0.3, -0.25) is 9.36 Å². The summed E-state index contributed by atoms with van der Waals surface area (Å²) in [5.74, 6) is 0.753. The van der Waals surface area contributed by atoms with E-state index in [1.807, 2.05) is 48.5 Å². The number of hydrogen-bond donors (Lipinski definition) is 0. The van der Waals surface area contributed by atoms with Gasteiger partial charge in [-0.05, 0) is 48.9 Å². The number of thioether (sulfide) groups is 1. The van der Waals surface area contributed by atoms with E-state index >= 15 is 0 Å². The van der Waals surface area contributed by atoms with Crippen molar-refractivity contribution in [3.63, 3.8) is 0 Å². The minimum atomic E-state index is -0.0466. The van der Waals surface area contributed by atoms with Gasteiger partial charge in [-0.15, -0.1) is 0 Å². The summed E-state index contributed by atoms with van der Waals surface area (Å²) in [4.78, 5) is 18.0. The average Bonchev–Trinajstić information content (AvgIpc) is 2.68. The second kappa shape index (κ2) is 7.71. The molecule has 134 valence electrons. The Bertz CT molecular complexity index is 1170. The van der Waals surface area contributed by atoms with E-state index < -0.39 is 0 Å². The van der Waals surface area contributed by atoms with Crippen molar-refractivity contribution in [1.29, 1.82) is 0 Å². The highest BCUT2D eigenvalue weighted by Gasteiger charge is 2.13. The zero-order chi connectivity index (χ0) is 18.8. The van der Waals surface area contributed by atoms with Crippen molar-refractivity contribution in [1.82, 2.24) is 9.55 Å². The smallest absolute Gasteiger partial charge is 0.266 e. The molecule has 0 saturated carbocycles. The van der Waals surface area contributed by atoms with E-state index in [4.69, 9.17) is 4.98 Å². The van der Waals surface area contributed by atoms with E-state index in [-0.39, 0.29) is 5.56 Å². The highest BCUT2D eigenvalue weighted by Crippen LogP contribution is 2.25. The van der Waals surface area contributed by atoms with Crippen molar-refractivity contribution < 1.29 is 0 Å². The van der Waals surface area contributed by atoms with Gasteiger partial charge < -0.3 is 0 Å². The molecule has 0 radical (unpaired) electrons. The van der Waals surface area contributed by atoms with Gasteiger partial charge in [0.1, 0.15) is 0 Å². The fourth-order valence-corrected chi connectivity index (χ4v) is 4.20. The van der Waals surface area contributed by atoms with Crippen LogP contribution in [-0.4, -0.2) is 9.55 Å². The number of nitrogens with zero attached hydrogens (tertiary/aromatic N) is 2. The summed E-state index contributed by atoms with van der Waals surface area (Å²) >= 11 is 5.03. The number of aryl methyl sites for hydroxylation is 1. The van der Waals surface area contributed by atoms with Crippen molar-refractivity contribution in [3.05, 3.63) is 98.7 Å². The summed E-state index contributed by atoms with van der Waals surface area (Å²) in [5.41, 5.74) is 3.93. The van der Waals surface area contributed by atoms with Gasteiger partial charge in [0.15, 0.2) is 5.16 Å². The highest BCUT2D eigenvalue weighted by atomic mass is 79.9. The van der Waals surface area contributed by atoms with Gasteiger partial charge in [0.05, 0.1) is 16.6 Å². The average molecular weight is 437 g/mol. The molecule has 0 atom stereocenters. The summed E-state index contributed by atoms with van der Waals surface area (Å²) in [6.45, 7) is 2.08. The number of fused-ring (bicyclic) bond motifs is 1. The van der Waals surface area contributed by atoms with Crippen molar-refractivity contribution >= 4 is 38.6 Å². The highest BCUT2D eigenvalue weighted by molar-refractivity contribution is 9.10. The zero-order valence-corrected chi connectivity index (χ0v) is 17.1. The number of hydrogen-bond acceptors (Lipinski definition) is 3. The van der Waals surface area contributed by atoms with Crippen molar-refractivity contribution in [2.24, 2.45) is 0 Å². The van der Waals surface area contributed by atoms with Crippen LogP contribution in [0.4, 0.5) is 0 Å². The van der Waals surface area contributed by atoms with Gasteiger partial charge in [0.25, 0.3) is 5.56 Å². The molecule has 0 fully saturated rings. The molecule has 0 amide bonds. The molecule has 4 rings (SSSR count). The molecule has 3 aromatic carbocycles. The lowest BCUT2D eigenvalue weighted by molar-refractivity contribution is 0.819. The van der Waals surface area contributed by atoms with Crippen LogP contribution in [0.25, 0.3) is 16.6 Å². The molecule has 0 N–H and O–H groups in total. The van der Waals surface area contributed by atoms with E-state index in [9.17, 15) is 4.79 Å². The van der Waals surface area contributed by atoms with Crippen LogP contribution in [0.1, 0.15) is 11.1 Å². The molecule has 0 saturated heterocycles. The maximum Gasteiger partial charge on any atom is 0.266 e. The van der Waals surface area contributed by atoms with Crippen LogP contribution in [-0.2, 0) is 5.75 Å². The lowest BCUT2D eigenvalue weighted by Crippen LogP contribution is -2.21. The summed E-state index contributed by atoms with van der Waals surface area (Å²) in [5, 5.41) is 1.32. The van der Waals surface area contributed by atoms with Gasteiger partial charge in [0, 0.05) is 10.2 Å². The third-order valence-corrected chi connectivity index (χ3v) is 5.82. The Balaban J connectivity index is 1.83. The molecular weight excluding hydrogens is 420 g/mol. The monoisotopic (exact) mass is 436 g/mol. The standard InChI is InChI=1S/C22H17BrN2OS/c1-15-5-4-6-16(13-15)14-27-22-24-20-8-3-2-7-19(20)21(26)25(22)18-11-9-17(23)10-12-18/h2-13H,14H2,1H3. The Kier molecular flexibility index (Phi) is 5.14. The van der Waals surface area contributed by atoms with Crippen LogP contribution in [0, 0.1) is 6.92 Å². The second-order valence-electron chi connectivity index (χ2n) is 6.31. The SMILES string of the molecule is Cc1cccc(CSc2nc3ccccc3c(=O)n2-c2ccc(Br)cc2)c1. The van der Waals surface area contributed by atoms with Gasteiger partial charge >= 0.3 is 0 Å². The molecular formula is C22H17BrN2OS. The maximum absolute atomic E-state index is 13.2. The third-order valence-electron chi connectivity index (χ3n) is 4.28. The Labute approximate surface area is 170 Å². The number of halogens is 1. The first-order valence-corrected chi connectivity index (χ1v) is 10.4. The molecule has 0 aliphatic carbocycles. The van der Waals surface area contributed by atoms with Gasteiger partial charge in [-0.25, -0.2) is 4.98 Å². The van der Waals surface area contributed by atoms with Crippen LogP contribution in [0.2, 0.25) is 0 Å². The lowest BCUT2D eigenvalue weighted by atomic mass is 10.2. The van der Waals surface area contributed by atoms with Gasteiger partial charge in [-0.2, -0.15) is 0 Å². The molecule has 0 aliphatic rings. The van der Waals surface area contributed by atoms with E-state index in [1.54, 1.807) is 16.3 Å². The zero-order valence-electron chi connectivity index (χ0n) is 14.7. The molecule has 5 heteroatoms. The van der Waals surface area contributed by atoms with Crippen LogP contribution in [0.5, 0.6) is 0 Å². The number of benzene rings is 3. The predicted octanol–water partition coefficient (Wildman–Crippen LogP) is 5.75. The molecule has 0 bridgehead atoms. The van der Waals surface area contributed by atoms with E-state index in [1.165, 1.54) is 11.1 Å². The topological polar surface area (TPSA) is 34.9 Å². The summed E-state index contributed by atoms with van der Waals surface area (Å²) in [7, 11) is 0. The Morgan fingerprint density at radius 3 is 2.56 bits per heavy atom. The van der Waals surface area contributed by atoms with Crippen LogP contribution < -0.4 is 5.56 Å². The van der Waals surface area contributed by atoms with Crippen molar-refractivity contribution in [3.8, 4) is 5.69 Å². The molecule has 1 aromatic heterocycles. The van der Waals surface area contributed by atoms with Crippen LogP contribution in [0.3, 0.4) is 0 Å². The Morgan fingerprint density at radius 2 is 1.78 bits per heavy atom. The molecule has 1 heterocycles. The fourth-order valence-electron chi connectivity index (χ4n) is 2.98. The first-order valence-electron chi connectivity index (χ1n) is 8.58. The normalized spacial score (nSPS) is 11.0. The van der Waals surface area contributed by atoms with Crippen LogP contribution in [0.15, 0.2) is 87.2 Å². The number of para-hydroxylation sites is 1. The Hall–Kier alpha value is -2.37. The van der Waals surface area contributed by atoms with E-state index in [0.717, 1.165) is 21.4 Å². The first kappa shape index (κ1) is 18.0. The van der Waals surface area contributed by atoms with Crippen molar-refractivity contribution in [2.75, 3.05) is 0 Å².